The van der Waals surface area contributed by atoms with Crippen molar-refractivity contribution in [3.05, 3.63) is 42.4 Å². The Morgan fingerprint density at radius 2 is 2.12 bits per heavy atom. The van der Waals surface area contributed by atoms with Crippen molar-refractivity contribution >= 4 is 11.8 Å². The zero-order valence-corrected chi connectivity index (χ0v) is 8.29. The van der Waals surface area contributed by atoms with Crippen molar-refractivity contribution in [3.8, 4) is 11.1 Å². The Morgan fingerprint density at radius 3 is 2.69 bits per heavy atom. The summed E-state index contributed by atoms with van der Waals surface area (Å²) in [7, 11) is 0. The van der Waals surface area contributed by atoms with Gasteiger partial charge in [0.05, 0.1) is 0 Å². The van der Waals surface area contributed by atoms with Crippen LogP contribution in [0.15, 0.2) is 36.7 Å². The molecule has 0 fully saturated rings. The Kier molecular flexibility index (Phi) is 2.51. The third kappa shape index (κ3) is 1.83. The lowest BCUT2D eigenvalue weighted by molar-refractivity contribution is 0.0690. The van der Waals surface area contributed by atoms with Crippen LogP contribution in [0, 0.1) is 0 Å². The van der Waals surface area contributed by atoms with Crippen LogP contribution >= 0.6 is 0 Å². The van der Waals surface area contributed by atoms with Crippen LogP contribution in [0.4, 0.5) is 5.82 Å². The molecule has 2 rings (SSSR count). The van der Waals surface area contributed by atoms with E-state index in [9.17, 15) is 4.79 Å². The Bertz CT molecular complexity index is 526. The van der Waals surface area contributed by atoms with Gasteiger partial charge in [0.1, 0.15) is 5.82 Å². The van der Waals surface area contributed by atoms with E-state index < -0.39 is 5.97 Å². The second kappa shape index (κ2) is 3.98. The van der Waals surface area contributed by atoms with Gasteiger partial charge in [0.2, 0.25) is 0 Å². The molecule has 2 aromatic heterocycles. The van der Waals surface area contributed by atoms with E-state index in [0.717, 1.165) is 5.56 Å². The van der Waals surface area contributed by atoms with E-state index in [-0.39, 0.29) is 11.5 Å². The molecule has 0 saturated carbocycles. The summed E-state index contributed by atoms with van der Waals surface area (Å²) >= 11 is 0. The molecule has 2 aromatic rings. The van der Waals surface area contributed by atoms with Crippen molar-refractivity contribution < 1.29 is 9.90 Å². The lowest BCUT2D eigenvalue weighted by Gasteiger charge is -2.04. The number of hydrogen-bond donors (Lipinski definition) is 2. The maximum absolute atomic E-state index is 10.7. The second-order valence-electron chi connectivity index (χ2n) is 3.18. The molecule has 80 valence electrons. The summed E-state index contributed by atoms with van der Waals surface area (Å²) in [4.78, 5) is 18.4. The number of aromatic nitrogens is 2. The summed E-state index contributed by atoms with van der Waals surface area (Å²) in [6.07, 6.45) is 3.30. The normalized spacial score (nSPS) is 10.0. The zero-order valence-electron chi connectivity index (χ0n) is 8.29. The van der Waals surface area contributed by atoms with E-state index in [0.29, 0.717) is 5.56 Å². The molecule has 0 aliphatic rings. The van der Waals surface area contributed by atoms with Crippen molar-refractivity contribution in [2.24, 2.45) is 0 Å². The molecule has 5 heteroatoms. The maximum Gasteiger partial charge on any atom is 0.354 e. The average molecular weight is 215 g/mol. The van der Waals surface area contributed by atoms with Crippen molar-refractivity contribution in [1.29, 1.82) is 0 Å². The van der Waals surface area contributed by atoms with Gasteiger partial charge < -0.3 is 10.8 Å². The minimum atomic E-state index is -1.09. The van der Waals surface area contributed by atoms with E-state index in [4.69, 9.17) is 10.8 Å². The van der Waals surface area contributed by atoms with Crippen LogP contribution in [0.25, 0.3) is 11.1 Å². The highest BCUT2D eigenvalue weighted by Gasteiger charge is 2.09. The van der Waals surface area contributed by atoms with E-state index in [2.05, 4.69) is 9.97 Å². The largest absolute Gasteiger partial charge is 0.477 e. The molecule has 3 N–H and O–H groups in total. The minimum Gasteiger partial charge on any atom is -0.477 e. The summed E-state index contributed by atoms with van der Waals surface area (Å²) in [5.74, 6) is -0.905. The number of nitrogens with two attached hydrogens (primary N) is 1. The standard InChI is InChI=1S/C11H9N3O2/c12-10-8(7-2-1-5-13-6-7)3-4-9(14-10)11(15)16/h1-6H,(H2,12,14)(H,15,16). The number of pyridine rings is 2. The Hall–Kier alpha value is -2.43. The molecule has 0 bridgehead atoms. The molecule has 0 unspecified atom stereocenters. The van der Waals surface area contributed by atoms with Crippen molar-refractivity contribution in [3.63, 3.8) is 0 Å². The Labute approximate surface area is 91.6 Å². The molecule has 2 heterocycles. The van der Waals surface area contributed by atoms with Crippen LogP contribution in [0.5, 0.6) is 0 Å². The van der Waals surface area contributed by atoms with Crippen LogP contribution in [0.2, 0.25) is 0 Å². The van der Waals surface area contributed by atoms with E-state index in [1.54, 1.807) is 24.5 Å². The van der Waals surface area contributed by atoms with Gasteiger partial charge in [-0.2, -0.15) is 0 Å². The van der Waals surface area contributed by atoms with Crippen molar-refractivity contribution in [2.45, 2.75) is 0 Å². The maximum atomic E-state index is 10.7. The number of nitrogen functional groups attached to an aromatic ring is 1. The minimum absolute atomic E-state index is 0.0647. The molecule has 0 aromatic carbocycles. The zero-order chi connectivity index (χ0) is 11.5. The van der Waals surface area contributed by atoms with Gasteiger partial charge in [0, 0.05) is 23.5 Å². The van der Waals surface area contributed by atoms with E-state index in [1.807, 2.05) is 6.07 Å². The summed E-state index contributed by atoms with van der Waals surface area (Å²) in [6.45, 7) is 0. The number of aromatic carboxylic acids is 1. The van der Waals surface area contributed by atoms with Crippen LogP contribution in [0.1, 0.15) is 10.5 Å². The van der Waals surface area contributed by atoms with Crippen molar-refractivity contribution in [2.75, 3.05) is 5.73 Å². The molecule has 0 amide bonds. The monoisotopic (exact) mass is 215 g/mol. The van der Waals surface area contributed by atoms with Gasteiger partial charge in [-0.15, -0.1) is 0 Å². The number of carbonyl (C=O) groups is 1. The highest BCUT2D eigenvalue weighted by atomic mass is 16.4. The fourth-order valence-electron chi connectivity index (χ4n) is 1.36. The van der Waals surface area contributed by atoms with Crippen LogP contribution in [-0.4, -0.2) is 21.0 Å². The number of hydrogen-bond acceptors (Lipinski definition) is 4. The van der Waals surface area contributed by atoms with Gasteiger partial charge in [0.25, 0.3) is 0 Å². The predicted octanol–water partition coefficient (Wildman–Crippen LogP) is 1.42. The number of carboxylic acids is 1. The summed E-state index contributed by atoms with van der Waals surface area (Å²) in [6, 6.07) is 6.66. The van der Waals surface area contributed by atoms with Gasteiger partial charge in [-0.05, 0) is 18.2 Å². The quantitative estimate of drug-likeness (QED) is 0.790. The Balaban J connectivity index is 2.48. The SMILES string of the molecule is Nc1nc(C(=O)O)ccc1-c1cccnc1. The smallest absolute Gasteiger partial charge is 0.354 e. The van der Waals surface area contributed by atoms with Crippen LogP contribution in [0.3, 0.4) is 0 Å². The fraction of sp³-hybridized carbons (Fsp3) is 0. The number of anilines is 1. The van der Waals surface area contributed by atoms with E-state index >= 15 is 0 Å². The van der Waals surface area contributed by atoms with Gasteiger partial charge in [0.15, 0.2) is 5.69 Å². The molecule has 0 spiro atoms. The molecule has 0 aliphatic heterocycles. The lowest BCUT2D eigenvalue weighted by Crippen LogP contribution is -2.04. The van der Waals surface area contributed by atoms with E-state index in [1.165, 1.54) is 6.07 Å². The van der Waals surface area contributed by atoms with Crippen LogP contribution in [-0.2, 0) is 0 Å². The summed E-state index contributed by atoms with van der Waals surface area (Å²) in [5.41, 5.74) is 7.11. The van der Waals surface area contributed by atoms with Gasteiger partial charge >= 0.3 is 5.97 Å². The summed E-state index contributed by atoms with van der Waals surface area (Å²) in [5, 5.41) is 8.74. The molecular formula is C11H9N3O2. The van der Waals surface area contributed by atoms with Gasteiger partial charge in [-0.1, -0.05) is 6.07 Å². The first kappa shape index (κ1) is 10.1. The summed E-state index contributed by atoms with van der Waals surface area (Å²) < 4.78 is 0. The molecule has 0 saturated heterocycles. The highest BCUT2D eigenvalue weighted by Crippen LogP contribution is 2.23. The highest BCUT2D eigenvalue weighted by molar-refractivity contribution is 5.87. The molecule has 16 heavy (non-hydrogen) atoms. The lowest BCUT2D eigenvalue weighted by atomic mass is 10.1. The van der Waals surface area contributed by atoms with Gasteiger partial charge in [-0.3, -0.25) is 4.98 Å². The third-order valence-corrected chi connectivity index (χ3v) is 2.12. The molecule has 5 nitrogen and oxygen atoms in total. The number of rotatable bonds is 2. The average Bonchev–Trinajstić information content (AvgIpc) is 2.30. The first-order valence-corrected chi connectivity index (χ1v) is 4.58. The first-order valence-electron chi connectivity index (χ1n) is 4.58. The van der Waals surface area contributed by atoms with Crippen molar-refractivity contribution in [1.82, 2.24) is 9.97 Å². The topological polar surface area (TPSA) is 89.1 Å². The number of carboxylic acid groups (broad SMARTS) is 1. The Morgan fingerprint density at radius 1 is 1.31 bits per heavy atom. The predicted molar refractivity (Wildman–Crippen MR) is 58.8 cm³/mol. The fourth-order valence-corrected chi connectivity index (χ4v) is 1.36. The second-order valence-corrected chi connectivity index (χ2v) is 3.18. The van der Waals surface area contributed by atoms with Crippen LogP contribution < -0.4 is 5.73 Å². The van der Waals surface area contributed by atoms with Gasteiger partial charge in [-0.25, -0.2) is 9.78 Å². The molecule has 0 radical (unpaired) electrons. The number of nitrogens with zero attached hydrogens (tertiary/aromatic N) is 2. The third-order valence-electron chi connectivity index (χ3n) is 2.12. The molecule has 0 atom stereocenters. The first-order chi connectivity index (χ1) is 7.68. The molecule has 0 aliphatic carbocycles. The molecular weight excluding hydrogens is 206 g/mol.